The van der Waals surface area contributed by atoms with Crippen LogP contribution in [0, 0.1) is 5.82 Å². The van der Waals surface area contributed by atoms with E-state index >= 15 is 0 Å². The van der Waals surface area contributed by atoms with E-state index in [1.165, 1.54) is 30.7 Å². The van der Waals surface area contributed by atoms with Crippen LogP contribution in [0.2, 0.25) is 0 Å². The van der Waals surface area contributed by atoms with Crippen molar-refractivity contribution < 1.29 is 9.18 Å². The molecule has 3 rings (SSSR count). The molecule has 23 heavy (non-hydrogen) atoms. The molecule has 3 aromatic rings. The molecule has 5 nitrogen and oxygen atoms in total. The Labute approximate surface area is 132 Å². The minimum atomic E-state index is -0.437. The van der Waals surface area contributed by atoms with Gasteiger partial charge in [-0.1, -0.05) is 12.1 Å². The molecular weight excluding hydrogens is 295 g/mol. The Morgan fingerprint density at radius 1 is 0.913 bits per heavy atom. The molecule has 1 unspecified atom stereocenters. The van der Waals surface area contributed by atoms with E-state index in [0.29, 0.717) is 0 Å². The van der Waals surface area contributed by atoms with Gasteiger partial charge in [-0.05, 0) is 35.4 Å². The van der Waals surface area contributed by atoms with Crippen molar-refractivity contribution in [3.63, 3.8) is 0 Å². The fourth-order valence-corrected chi connectivity index (χ4v) is 2.19. The number of halogens is 1. The van der Waals surface area contributed by atoms with E-state index in [2.05, 4.69) is 20.3 Å². The zero-order valence-corrected chi connectivity index (χ0v) is 12.1. The standard InChI is InChI=1S/C17H13FN4O/c18-14-3-1-12(2-4-14)16(13-5-7-19-8-6-13)22-17(23)15-11-20-9-10-21-15/h1-11,16H,(H,22,23). The summed E-state index contributed by atoms with van der Waals surface area (Å²) in [7, 11) is 0. The van der Waals surface area contributed by atoms with Crippen molar-refractivity contribution >= 4 is 5.91 Å². The number of benzene rings is 1. The second-order valence-corrected chi connectivity index (χ2v) is 4.83. The lowest BCUT2D eigenvalue weighted by molar-refractivity contribution is 0.0937. The number of aromatic nitrogens is 3. The molecule has 114 valence electrons. The predicted molar refractivity (Wildman–Crippen MR) is 82.0 cm³/mol. The summed E-state index contributed by atoms with van der Waals surface area (Å²) in [6.07, 6.45) is 7.62. The molecule has 1 atom stereocenters. The zero-order valence-electron chi connectivity index (χ0n) is 12.1. The first-order valence-electron chi connectivity index (χ1n) is 6.96. The summed E-state index contributed by atoms with van der Waals surface area (Å²) in [6.45, 7) is 0. The van der Waals surface area contributed by atoms with Gasteiger partial charge in [0, 0.05) is 24.8 Å². The SMILES string of the molecule is O=C(NC(c1ccncc1)c1ccc(F)cc1)c1cnccn1. The topological polar surface area (TPSA) is 67.8 Å². The van der Waals surface area contributed by atoms with Crippen LogP contribution in [-0.4, -0.2) is 20.9 Å². The number of carbonyl (C=O) groups is 1. The van der Waals surface area contributed by atoms with E-state index in [0.717, 1.165) is 11.1 Å². The average Bonchev–Trinajstić information content (AvgIpc) is 2.62. The number of carbonyl (C=O) groups excluding carboxylic acids is 1. The second kappa shape index (κ2) is 6.74. The lowest BCUT2D eigenvalue weighted by atomic mass is 9.99. The van der Waals surface area contributed by atoms with Crippen LogP contribution in [0.4, 0.5) is 4.39 Å². The van der Waals surface area contributed by atoms with Gasteiger partial charge >= 0.3 is 0 Å². The Kier molecular flexibility index (Phi) is 4.33. The van der Waals surface area contributed by atoms with E-state index in [-0.39, 0.29) is 17.4 Å². The van der Waals surface area contributed by atoms with E-state index in [4.69, 9.17) is 0 Å². The molecule has 1 amide bonds. The van der Waals surface area contributed by atoms with Crippen molar-refractivity contribution in [1.82, 2.24) is 20.3 Å². The monoisotopic (exact) mass is 308 g/mol. The third kappa shape index (κ3) is 3.55. The first-order valence-corrected chi connectivity index (χ1v) is 6.96. The molecule has 0 fully saturated rings. The number of hydrogen-bond acceptors (Lipinski definition) is 4. The number of nitrogens with one attached hydrogen (secondary N) is 1. The number of amides is 1. The van der Waals surface area contributed by atoms with Gasteiger partial charge in [0.15, 0.2) is 0 Å². The third-order valence-electron chi connectivity index (χ3n) is 3.31. The highest BCUT2D eigenvalue weighted by molar-refractivity contribution is 5.92. The van der Waals surface area contributed by atoms with Crippen LogP contribution in [0.1, 0.15) is 27.7 Å². The van der Waals surface area contributed by atoms with Gasteiger partial charge in [0.25, 0.3) is 5.91 Å². The lowest BCUT2D eigenvalue weighted by Crippen LogP contribution is -2.30. The Morgan fingerprint density at radius 2 is 1.61 bits per heavy atom. The van der Waals surface area contributed by atoms with Gasteiger partial charge < -0.3 is 5.32 Å². The maximum Gasteiger partial charge on any atom is 0.272 e. The third-order valence-corrected chi connectivity index (χ3v) is 3.31. The normalized spacial score (nSPS) is 11.7. The minimum absolute atomic E-state index is 0.216. The van der Waals surface area contributed by atoms with Gasteiger partial charge in [0.05, 0.1) is 12.2 Å². The summed E-state index contributed by atoms with van der Waals surface area (Å²) in [5, 5.41) is 2.89. The van der Waals surface area contributed by atoms with E-state index in [9.17, 15) is 9.18 Å². The largest absolute Gasteiger partial charge is 0.340 e. The van der Waals surface area contributed by atoms with Gasteiger partial charge in [0.1, 0.15) is 11.5 Å². The van der Waals surface area contributed by atoms with Gasteiger partial charge in [-0.2, -0.15) is 0 Å². The van der Waals surface area contributed by atoms with Crippen molar-refractivity contribution in [2.24, 2.45) is 0 Å². The van der Waals surface area contributed by atoms with Crippen LogP contribution >= 0.6 is 0 Å². The van der Waals surface area contributed by atoms with E-state index < -0.39 is 6.04 Å². The van der Waals surface area contributed by atoms with Gasteiger partial charge in [-0.15, -0.1) is 0 Å². The molecule has 0 aliphatic heterocycles. The van der Waals surface area contributed by atoms with Crippen LogP contribution < -0.4 is 5.32 Å². The number of nitrogens with zero attached hydrogens (tertiary/aromatic N) is 3. The smallest absolute Gasteiger partial charge is 0.272 e. The van der Waals surface area contributed by atoms with Crippen molar-refractivity contribution in [3.8, 4) is 0 Å². The molecule has 0 saturated carbocycles. The maximum absolute atomic E-state index is 13.2. The van der Waals surface area contributed by atoms with Crippen LogP contribution in [0.5, 0.6) is 0 Å². The molecule has 0 spiro atoms. The molecule has 0 aliphatic rings. The highest BCUT2D eigenvalue weighted by Gasteiger charge is 2.18. The van der Waals surface area contributed by atoms with Crippen molar-refractivity contribution in [2.45, 2.75) is 6.04 Å². The molecule has 0 aliphatic carbocycles. The van der Waals surface area contributed by atoms with Crippen molar-refractivity contribution in [3.05, 3.63) is 90.0 Å². The first-order chi connectivity index (χ1) is 11.2. The molecule has 0 radical (unpaired) electrons. The fourth-order valence-electron chi connectivity index (χ4n) is 2.19. The van der Waals surface area contributed by atoms with Gasteiger partial charge in [0.2, 0.25) is 0 Å². The highest BCUT2D eigenvalue weighted by Crippen LogP contribution is 2.22. The van der Waals surface area contributed by atoms with Crippen molar-refractivity contribution in [1.29, 1.82) is 0 Å². The minimum Gasteiger partial charge on any atom is -0.340 e. The molecule has 1 N–H and O–H groups in total. The summed E-state index contributed by atoms with van der Waals surface area (Å²) < 4.78 is 13.2. The summed E-state index contributed by atoms with van der Waals surface area (Å²) >= 11 is 0. The molecule has 1 aromatic carbocycles. The Bertz CT molecular complexity index is 779. The predicted octanol–water partition coefficient (Wildman–Crippen LogP) is 2.53. The summed E-state index contributed by atoms with van der Waals surface area (Å²) in [4.78, 5) is 24.2. The number of hydrogen-bond donors (Lipinski definition) is 1. The summed E-state index contributed by atoms with van der Waals surface area (Å²) in [6, 6.07) is 9.15. The Balaban J connectivity index is 1.93. The molecule has 6 heteroatoms. The van der Waals surface area contributed by atoms with Crippen LogP contribution in [0.3, 0.4) is 0 Å². The molecule has 2 aromatic heterocycles. The van der Waals surface area contributed by atoms with Crippen LogP contribution in [0.25, 0.3) is 0 Å². The Morgan fingerprint density at radius 3 is 2.26 bits per heavy atom. The van der Waals surface area contributed by atoms with Gasteiger partial charge in [-0.25, -0.2) is 9.37 Å². The first kappa shape index (κ1) is 14.8. The summed E-state index contributed by atoms with van der Waals surface area (Å²) in [5.41, 5.74) is 1.81. The number of pyridine rings is 1. The highest BCUT2D eigenvalue weighted by atomic mass is 19.1. The maximum atomic E-state index is 13.2. The molecule has 0 saturated heterocycles. The van der Waals surface area contributed by atoms with E-state index in [1.807, 2.05) is 0 Å². The molecular formula is C17H13FN4O. The average molecular weight is 308 g/mol. The lowest BCUT2D eigenvalue weighted by Gasteiger charge is -2.19. The van der Waals surface area contributed by atoms with Crippen LogP contribution in [-0.2, 0) is 0 Å². The quantitative estimate of drug-likeness (QED) is 0.804. The van der Waals surface area contributed by atoms with Crippen molar-refractivity contribution in [2.75, 3.05) is 0 Å². The summed E-state index contributed by atoms with van der Waals surface area (Å²) in [5.74, 6) is -0.688. The van der Waals surface area contributed by atoms with Gasteiger partial charge in [-0.3, -0.25) is 14.8 Å². The Hall–Kier alpha value is -3.15. The second-order valence-electron chi connectivity index (χ2n) is 4.83. The molecule has 0 bridgehead atoms. The molecule has 2 heterocycles. The van der Waals surface area contributed by atoms with E-state index in [1.54, 1.807) is 36.7 Å². The van der Waals surface area contributed by atoms with Crippen LogP contribution in [0.15, 0.2) is 67.4 Å². The fraction of sp³-hybridized carbons (Fsp3) is 0.0588. The number of rotatable bonds is 4. The zero-order chi connectivity index (χ0) is 16.1.